The molecule has 2 heterocycles. The van der Waals surface area contributed by atoms with Crippen LogP contribution in [0.1, 0.15) is 30.0 Å². The second-order valence-electron chi connectivity index (χ2n) is 5.76. The number of hydrogen-bond donors (Lipinski definition) is 0. The molecule has 20 heavy (non-hydrogen) atoms. The topological polar surface area (TPSA) is 12.5 Å². The van der Waals surface area contributed by atoms with Crippen molar-refractivity contribution in [1.82, 2.24) is 0 Å². The number of fused-ring (bicyclic) bond motifs is 3. The van der Waals surface area contributed by atoms with Gasteiger partial charge in [-0.3, -0.25) is 0 Å². The smallest absolute Gasteiger partial charge is 0.119 e. The van der Waals surface area contributed by atoms with Crippen molar-refractivity contribution < 1.29 is 4.74 Å². The standard InChI is InChI=1S/C17H19NOS/c1-19-14-7-6-12-10-13-4-2-8-18(16-5-3-9-20-16)17(13)15(12)11-14/h3,5-7,9,11,13,17H,2,4,8,10H2,1H3. The fourth-order valence-corrected chi connectivity index (χ4v) is 4.63. The van der Waals surface area contributed by atoms with Crippen molar-refractivity contribution in [2.45, 2.75) is 25.3 Å². The van der Waals surface area contributed by atoms with Crippen LogP contribution in [0.3, 0.4) is 0 Å². The number of rotatable bonds is 2. The van der Waals surface area contributed by atoms with Gasteiger partial charge in [0.1, 0.15) is 5.75 Å². The number of methoxy groups -OCH3 is 1. The zero-order chi connectivity index (χ0) is 13.5. The molecule has 0 radical (unpaired) electrons. The summed E-state index contributed by atoms with van der Waals surface area (Å²) in [5, 5.41) is 3.59. The van der Waals surface area contributed by atoms with E-state index in [1.165, 1.54) is 41.9 Å². The maximum absolute atomic E-state index is 5.43. The number of piperidine rings is 1. The highest BCUT2D eigenvalue weighted by Crippen LogP contribution is 2.48. The fraction of sp³-hybridized carbons (Fsp3) is 0.412. The molecule has 1 saturated heterocycles. The van der Waals surface area contributed by atoms with Gasteiger partial charge in [0, 0.05) is 6.54 Å². The molecule has 0 bridgehead atoms. The second kappa shape index (κ2) is 4.81. The van der Waals surface area contributed by atoms with Crippen molar-refractivity contribution >= 4 is 16.3 Å². The Morgan fingerprint density at radius 3 is 3.05 bits per heavy atom. The quantitative estimate of drug-likeness (QED) is 0.817. The summed E-state index contributed by atoms with van der Waals surface area (Å²) < 4.78 is 5.43. The highest BCUT2D eigenvalue weighted by Gasteiger charge is 2.39. The summed E-state index contributed by atoms with van der Waals surface area (Å²) >= 11 is 1.86. The summed E-state index contributed by atoms with van der Waals surface area (Å²) in [6.45, 7) is 1.18. The third-order valence-corrected chi connectivity index (χ3v) is 5.60. The van der Waals surface area contributed by atoms with Gasteiger partial charge in [-0.2, -0.15) is 0 Å². The predicted octanol–water partition coefficient (Wildman–Crippen LogP) is 4.27. The van der Waals surface area contributed by atoms with Gasteiger partial charge in [0.15, 0.2) is 0 Å². The molecule has 4 rings (SSSR count). The van der Waals surface area contributed by atoms with Gasteiger partial charge in [0.05, 0.1) is 18.2 Å². The molecule has 2 aromatic rings. The zero-order valence-electron chi connectivity index (χ0n) is 11.7. The van der Waals surface area contributed by atoms with Gasteiger partial charge in [-0.05, 0) is 66.0 Å². The van der Waals surface area contributed by atoms with Crippen molar-refractivity contribution in [3.63, 3.8) is 0 Å². The van der Waals surface area contributed by atoms with E-state index in [1.807, 2.05) is 11.3 Å². The number of ether oxygens (including phenoxy) is 1. The van der Waals surface area contributed by atoms with Gasteiger partial charge < -0.3 is 9.64 Å². The van der Waals surface area contributed by atoms with Gasteiger partial charge in [0.25, 0.3) is 0 Å². The van der Waals surface area contributed by atoms with E-state index in [0.29, 0.717) is 6.04 Å². The van der Waals surface area contributed by atoms with Gasteiger partial charge in [-0.15, -0.1) is 11.3 Å². The summed E-state index contributed by atoms with van der Waals surface area (Å²) in [7, 11) is 1.76. The largest absolute Gasteiger partial charge is 0.497 e. The van der Waals surface area contributed by atoms with E-state index in [4.69, 9.17) is 4.74 Å². The lowest BCUT2D eigenvalue weighted by Crippen LogP contribution is -2.36. The molecule has 0 amide bonds. The Morgan fingerprint density at radius 2 is 2.25 bits per heavy atom. The summed E-state index contributed by atoms with van der Waals surface area (Å²) in [6, 6.07) is 11.6. The van der Waals surface area contributed by atoms with E-state index in [1.54, 1.807) is 7.11 Å². The number of hydrogen-bond acceptors (Lipinski definition) is 3. The fourth-order valence-electron chi connectivity index (χ4n) is 3.84. The first-order valence-electron chi connectivity index (χ1n) is 7.34. The Kier molecular flexibility index (Phi) is 2.95. The van der Waals surface area contributed by atoms with Crippen LogP contribution in [0.15, 0.2) is 35.7 Å². The molecule has 104 valence electrons. The summed E-state index contributed by atoms with van der Waals surface area (Å²) in [4.78, 5) is 2.62. The van der Waals surface area contributed by atoms with Crippen LogP contribution >= 0.6 is 11.3 Å². The van der Waals surface area contributed by atoms with Crippen LogP contribution in [0.5, 0.6) is 5.75 Å². The highest BCUT2D eigenvalue weighted by atomic mass is 32.1. The lowest BCUT2D eigenvalue weighted by Gasteiger charge is -2.39. The van der Waals surface area contributed by atoms with E-state index in [0.717, 1.165) is 11.7 Å². The van der Waals surface area contributed by atoms with E-state index < -0.39 is 0 Å². The van der Waals surface area contributed by atoms with Crippen molar-refractivity contribution in [2.75, 3.05) is 18.6 Å². The first-order chi connectivity index (χ1) is 9.86. The molecule has 1 aliphatic carbocycles. The zero-order valence-corrected chi connectivity index (χ0v) is 12.5. The SMILES string of the molecule is COc1ccc2c(c1)C1C(CCCN1c1cccs1)C2. The maximum atomic E-state index is 5.43. The van der Waals surface area contributed by atoms with Crippen molar-refractivity contribution in [2.24, 2.45) is 5.92 Å². The molecule has 0 N–H and O–H groups in total. The summed E-state index contributed by atoms with van der Waals surface area (Å²) in [6.07, 6.45) is 3.89. The average Bonchev–Trinajstić information content (AvgIpc) is 3.13. The molecule has 2 atom stereocenters. The van der Waals surface area contributed by atoms with Crippen LogP contribution in [-0.4, -0.2) is 13.7 Å². The molecule has 1 fully saturated rings. The van der Waals surface area contributed by atoms with Crippen LogP contribution < -0.4 is 9.64 Å². The third-order valence-electron chi connectivity index (χ3n) is 4.70. The maximum Gasteiger partial charge on any atom is 0.119 e. The predicted molar refractivity (Wildman–Crippen MR) is 83.8 cm³/mol. The van der Waals surface area contributed by atoms with E-state index in [-0.39, 0.29) is 0 Å². The molecule has 2 nitrogen and oxygen atoms in total. The molecule has 2 unspecified atom stereocenters. The number of thiophene rings is 1. The van der Waals surface area contributed by atoms with E-state index in [9.17, 15) is 0 Å². The molecule has 0 saturated carbocycles. The van der Waals surface area contributed by atoms with Gasteiger partial charge >= 0.3 is 0 Å². The molecule has 1 aromatic carbocycles. The summed E-state index contributed by atoms with van der Waals surface area (Å²) in [5.74, 6) is 1.76. The van der Waals surface area contributed by atoms with Gasteiger partial charge in [-0.1, -0.05) is 6.07 Å². The second-order valence-corrected chi connectivity index (χ2v) is 6.69. The molecule has 3 heteroatoms. The monoisotopic (exact) mass is 285 g/mol. The minimum Gasteiger partial charge on any atom is -0.497 e. The lowest BCUT2D eigenvalue weighted by molar-refractivity contribution is 0.351. The normalized spacial score (nSPS) is 24.4. The van der Waals surface area contributed by atoms with Crippen LogP contribution in [0, 0.1) is 5.92 Å². The lowest BCUT2D eigenvalue weighted by atomic mass is 9.90. The molecule has 0 spiro atoms. The third kappa shape index (κ3) is 1.84. The Morgan fingerprint density at radius 1 is 1.30 bits per heavy atom. The van der Waals surface area contributed by atoms with Crippen molar-refractivity contribution in [3.05, 3.63) is 46.8 Å². The minimum atomic E-state index is 0.549. The molecule has 2 aliphatic rings. The van der Waals surface area contributed by atoms with Crippen LogP contribution in [0.2, 0.25) is 0 Å². The first-order valence-corrected chi connectivity index (χ1v) is 8.22. The number of benzene rings is 1. The summed E-state index contributed by atoms with van der Waals surface area (Å²) in [5.41, 5.74) is 3.01. The van der Waals surface area contributed by atoms with Crippen LogP contribution in [0.25, 0.3) is 0 Å². The Balaban J connectivity index is 1.77. The Hall–Kier alpha value is -1.48. The highest BCUT2D eigenvalue weighted by molar-refractivity contribution is 7.14. The molecule has 1 aliphatic heterocycles. The van der Waals surface area contributed by atoms with E-state index in [2.05, 4.69) is 40.6 Å². The van der Waals surface area contributed by atoms with Gasteiger partial charge in [0.2, 0.25) is 0 Å². The molecule has 1 aromatic heterocycles. The van der Waals surface area contributed by atoms with Crippen LogP contribution in [-0.2, 0) is 6.42 Å². The molecular formula is C17H19NOS. The first kappa shape index (κ1) is 12.3. The van der Waals surface area contributed by atoms with Gasteiger partial charge in [-0.25, -0.2) is 0 Å². The van der Waals surface area contributed by atoms with Crippen LogP contribution in [0.4, 0.5) is 5.00 Å². The average molecular weight is 285 g/mol. The minimum absolute atomic E-state index is 0.549. The number of anilines is 1. The number of nitrogens with zero attached hydrogens (tertiary/aromatic N) is 1. The van der Waals surface area contributed by atoms with E-state index >= 15 is 0 Å². The van der Waals surface area contributed by atoms with Crippen molar-refractivity contribution in [3.8, 4) is 5.75 Å². The van der Waals surface area contributed by atoms with Crippen molar-refractivity contribution in [1.29, 1.82) is 0 Å². The Labute approximate surface area is 124 Å². The molecular weight excluding hydrogens is 266 g/mol. The Bertz CT molecular complexity index is 607.